The molecule has 2 rings (SSSR count). The largest absolute Gasteiger partial charge is 0.501 e. The zero-order valence-corrected chi connectivity index (χ0v) is 8.68. The quantitative estimate of drug-likeness (QED) is 0.797. The summed E-state index contributed by atoms with van der Waals surface area (Å²) in [7, 11) is 0. The molecule has 80 valence electrons. The van der Waals surface area contributed by atoms with E-state index in [-0.39, 0.29) is 0 Å². The molecule has 0 saturated heterocycles. The molecule has 0 spiro atoms. The standard InChI is InChI=1S/C11H14N2O2/c1-8-5-13-10(6-12-8)11(14)9-3-2-4-15-7-9/h5-7,11,14H,2-4H2,1H3. The molecule has 0 saturated carbocycles. The van der Waals surface area contributed by atoms with Crippen LogP contribution < -0.4 is 0 Å². The SMILES string of the molecule is Cc1cnc(C(O)C2=COCCC2)cn1. The molecule has 0 amide bonds. The molecular formula is C11H14N2O2. The normalized spacial score (nSPS) is 17.9. The van der Waals surface area contributed by atoms with Crippen LogP contribution in [0.1, 0.15) is 30.3 Å². The summed E-state index contributed by atoms with van der Waals surface area (Å²) < 4.78 is 5.18. The maximum Gasteiger partial charge on any atom is 0.122 e. The maximum atomic E-state index is 9.99. The van der Waals surface area contributed by atoms with E-state index in [9.17, 15) is 5.11 Å². The van der Waals surface area contributed by atoms with Crippen molar-refractivity contribution < 1.29 is 9.84 Å². The molecule has 0 fully saturated rings. The number of hydrogen-bond acceptors (Lipinski definition) is 4. The Morgan fingerprint density at radius 3 is 2.87 bits per heavy atom. The van der Waals surface area contributed by atoms with Crippen molar-refractivity contribution in [3.05, 3.63) is 35.6 Å². The first-order chi connectivity index (χ1) is 7.27. The van der Waals surface area contributed by atoms with Gasteiger partial charge < -0.3 is 9.84 Å². The van der Waals surface area contributed by atoms with Crippen LogP contribution >= 0.6 is 0 Å². The second kappa shape index (κ2) is 4.40. The predicted octanol–water partition coefficient (Wildman–Crippen LogP) is 1.51. The first-order valence-corrected chi connectivity index (χ1v) is 5.04. The lowest BCUT2D eigenvalue weighted by atomic mass is 10.0. The highest BCUT2D eigenvalue weighted by Gasteiger charge is 2.17. The fourth-order valence-electron chi connectivity index (χ4n) is 1.52. The van der Waals surface area contributed by atoms with Gasteiger partial charge in [0.05, 0.1) is 30.5 Å². The molecule has 1 unspecified atom stereocenters. The average molecular weight is 206 g/mol. The molecule has 4 nitrogen and oxygen atoms in total. The lowest BCUT2D eigenvalue weighted by molar-refractivity contribution is 0.167. The second-order valence-corrected chi connectivity index (χ2v) is 3.65. The predicted molar refractivity (Wildman–Crippen MR) is 55.0 cm³/mol. The van der Waals surface area contributed by atoms with Crippen LogP contribution in [0.25, 0.3) is 0 Å². The molecule has 0 aliphatic carbocycles. The Kier molecular flexibility index (Phi) is 2.97. The van der Waals surface area contributed by atoms with Crippen LogP contribution in [0, 0.1) is 6.92 Å². The van der Waals surface area contributed by atoms with Gasteiger partial charge in [0, 0.05) is 6.20 Å². The summed E-state index contributed by atoms with van der Waals surface area (Å²) in [6.45, 7) is 2.60. The molecule has 0 bridgehead atoms. The van der Waals surface area contributed by atoms with Gasteiger partial charge in [0.1, 0.15) is 6.10 Å². The van der Waals surface area contributed by atoms with E-state index in [0.717, 1.165) is 30.7 Å². The van der Waals surface area contributed by atoms with Gasteiger partial charge in [-0.15, -0.1) is 0 Å². The van der Waals surface area contributed by atoms with E-state index in [1.807, 2.05) is 6.92 Å². The molecule has 2 heterocycles. The number of nitrogens with zero attached hydrogens (tertiary/aromatic N) is 2. The highest BCUT2D eigenvalue weighted by molar-refractivity contribution is 5.17. The minimum atomic E-state index is -0.682. The number of aryl methyl sites for hydroxylation is 1. The minimum Gasteiger partial charge on any atom is -0.501 e. The van der Waals surface area contributed by atoms with Gasteiger partial charge >= 0.3 is 0 Å². The molecule has 1 aromatic rings. The van der Waals surface area contributed by atoms with E-state index in [1.54, 1.807) is 18.7 Å². The van der Waals surface area contributed by atoms with Crippen molar-refractivity contribution in [2.75, 3.05) is 6.61 Å². The van der Waals surface area contributed by atoms with Crippen LogP contribution in [0.3, 0.4) is 0 Å². The third-order valence-electron chi connectivity index (χ3n) is 2.39. The highest BCUT2D eigenvalue weighted by atomic mass is 16.5. The number of aliphatic hydroxyl groups is 1. The van der Waals surface area contributed by atoms with Crippen molar-refractivity contribution in [3.8, 4) is 0 Å². The van der Waals surface area contributed by atoms with Gasteiger partial charge in [-0.1, -0.05) is 0 Å². The van der Waals surface area contributed by atoms with Crippen molar-refractivity contribution in [1.29, 1.82) is 0 Å². The fraction of sp³-hybridized carbons (Fsp3) is 0.455. The number of ether oxygens (including phenoxy) is 1. The molecule has 1 aromatic heterocycles. The van der Waals surface area contributed by atoms with Gasteiger partial charge in [0.25, 0.3) is 0 Å². The van der Waals surface area contributed by atoms with Gasteiger partial charge in [-0.05, 0) is 25.3 Å². The summed E-state index contributed by atoms with van der Waals surface area (Å²) in [5.41, 5.74) is 2.30. The Morgan fingerprint density at radius 1 is 1.40 bits per heavy atom. The molecule has 1 aliphatic rings. The molecular weight excluding hydrogens is 192 g/mol. The monoisotopic (exact) mass is 206 g/mol. The zero-order valence-electron chi connectivity index (χ0n) is 8.68. The lowest BCUT2D eigenvalue weighted by Gasteiger charge is -2.18. The Balaban J connectivity index is 2.16. The molecule has 1 atom stereocenters. The van der Waals surface area contributed by atoms with E-state index in [0.29, 0.717) is 5.69 Å². The van der Waals surface area contributed by atoms with E-state index >= 15 is 0 Å². The van der Waals surface area contributed by atoms with Crippen LogP contribution in [-0.4, -0.2) is 21.7 Å². The smallest absolute Gasteiger partial charge is 0.122 e. The summed E-state index contributed by atoms with van der Waals surface area (Å²) in [5.74, 6) is 0. The Labute approximate surface area is 88.6 Å². The van der Waals surface area contributed by atoms with Gasteiger partial charge in [-0.2, -0.15) is 0 Å². The van der Waals surface area contributed by atoms with Crippen LogP contribution in [0.5, 0.6) is 0 Å². The molecule has 15 heavy (non-hydrogen) atoms. The van der Waals surface area contributed by atoms with Crippen LogP contribution in [0.15, 0.2) is 24.2 Å². The number of hydrogen-bond donors (Lipinski definition) is 1. The summed E-state index contributed by atoms with van der Waals surface area (Å²) in [6, 6.07) is 0. The van der Waals surface area contributed by atoms with Crippen molar-refractivity contribution >= 4 is 0 Å². The van der Waals surface area contributed by atoms with E-state index in [2.05, 4.69) is 9.97 Å². The first-order valence-electron chi connectivity index (χ1n) is 5.04. The highest BCUT2D eigenvalue weighted by Crippen LogP contribution is 2.25. The zero-order chi connectivity index (χ0) is 10.7. The summed E-state index contributed by atoms with van der Waals surface area (Å²) >= 11 is 0. The summed E-state index contributed by atoms with van der Waals surface area (Å²) in [4.78, 5) is 8.25. The van der Waals surface area contributed by atoms with Crippen molar-refractivity contribution in [2.24, 2.45) is 0 Å². The molecule has 1 aliphatic heterocycles. The Bertz CT molecular complexity index is 359. The van der Waals surface area contributed by atoms with Gasteiger partial charge in [-0.25, -0.2) is 0 Å². The molecule has 0 aromatic carbocycles. The van der Waals surface area contributed by atoms with Crippen molar-refractivity contribution in [2.45, 2.75) is 25.9 Å². The first kappa shape index (κ1) is 10.1. The number of rotatable bonds is 2. The second-order valence-electron chi connectivity index (χ2n) is 3.65. The fourth-order valence-corrected chi connectivity index (χ4v) is 1.52. The van der Waals surface area contributed by atoms with E-state index < -0.39 is 6.10 Å². The van der Waals surface area contributed by atoms with E-state index in [4.69, 9.17) is 4.74 Å². The summed E-state index contributed by atoms with van der Waals surface area (Å²) in [6.07, 6.45) is 6.02. The Morgan fingerprint density at radius 2 is 2.27 bits per heavy atom. The van der Waals surface area contributed by atoms with Crippen LogP contribution in [0.4, 0.5) is 0 Å². The van der Waals surface area contributed by atoms with Gasteiger partial charge in [0.15, 0.2) is 0 Å². The van der Waals surface area contributed by atoms with E-state index in [1.165, 1.54) is 0 Å². The number of aromatic nitrogens is 2. The third-order valence-corrected chi connectivity index (χ3v) is 2.39. The van der Waals surface area contributed by atoms with Gasteiger partial charge in [-0.3, -0.25) is 9.97 Å². The van der Waals surface area contributed by atoms with Crippen LogP contribution in [0.2, 0.25) is 0 Å². The van der Waals surface area contributed by atoms with Crippen molar-refractivity contribution in [1.82, 2.24) is 9.97 Å². The topological polar surface area (TPSA) is 55.2 Å². The average Bonchev–Trinajstić information content (AvgIpc) is 2.30. The molecule has 1 N–H and O–H groups in total. The van der Waals surface area contributed by atoms with Gasteiger partial charge in [0.2, 0.25) is 0 Å². The Hall–Kier alpha value is -1.42. The lowest BCUT2D eigenvalue weighted by Crippen LogP contribution is -2.09. The third kappa shape index (κ3) is 2.33. The maximum absolute atomic E-state index is 9.99. The molecule has 0 radical (unpaired) electrons. The number of aliphatic hydroxyl groups excluding tert-OH is 1. The van der Waals surface area contributed by atoms with Crippen LogP contribution in [-0.2, 0) is 4.74 Å². The minimum absolute atomic E-state index is 0.581. The summed E-state index contributed by atoms with van der Waals surface area (Å²) in [5, 5.41) is 9.99. The van der Waals surface area contributed by atoms with Crippen molar-refractivity contribution in [3.63, 3.8) is 0 Å². The molecule has 4 heteroatoms.